The van der Waals surface area contributed by atoms with Crippen LogP contribution in [0.3, 0.4) is 0 Å². The van der Waals surface area contributed by atoms with Crippen molar-refractivity contribution in [3.05, 3.63) is 12.0 Å². The topological polar surface area (TPSA) is 49.8 Å². The third-order valence-corrected chi connectivity index (χ3v) is 3.68. The molecule has 2 heterocycles. The standard InChI is InChI=1S/C10H15FN4S/c1-12-10-13-5-8(11)9(15-10)14-7-3-2-4-16-6-7/h5,7H,2-4,6H2,1H3,(H2,12,13,14,15). The maximum Gasteiger partial charge on any atom is 0.224 e. The second-order valence-electron chi connectivity index (χ2n) is 3.70. The lowest BCUT2D eigenvalue weighted by molar-refractivity contribution is 0.607. The van der Waals surface area contributed by atoms with Crippen molar-refractivity contribution in [1.82, 2.24) is 9.97 Å². The average molecular weight is 242 g/mol. The first-order valence-electron chi connectivity index (χ1n) is 5.34. The minimum absolute atomic E-state index is 0.298. The lowest BCUT2D eigenvalue weighted by Crippen LogP contribution is -2.27. The van der Waals surface area contributed by atoms with Gasteiger partial charge in [-0.15, -0.1) is 0 Å². The number of hydrogen-bond donors (Lipinski definition) is 2. The lowest BCUT2D eigenvalue weighted by Gasteiger charge is -2.23. The van der Waals surface area contributed by atoms with E-state index in [1.54, 1.807) is 7.05 Å². The molecule has 0 spiro atoms. The Labute approximate surface area is 98.4 Å². The molecule has 6 heteroatoms. The van der Waals surface area contributed by atoms with Crippen LogP contribution in [0.4, 0.5) is 16.2 Å². The fourth-order valence-corrected chi connectivity index (χ4v) is 2.71. The Balaban J connectivity index is 2.06. The molecule has 1 saturated heterocycles. The Morgan fingerprint density at radius 2 is 2.44 bits per heavy atom. The largest absolute Gasteiger partial charge is 0.364 e. The Morgan fingerprint density at radius 1 is 1.56 bits per heavy atom. The summed E-state index contributed by atoms with van der Waals surface area (Å²) in [5, 5.41) is 5.93. The Morgan fingerprint density at radius 3 is 3.12 bits per heavy atom. The summed E-state index contributed by atoms with van der Waals surface area (Å²) in [4.78, 5) is 7.88. The van der Waals surface area contributed by atoms with E-state index >= 15 is 0 Å². The van der Waals surface area contributed by atoms with Crippen LogP contribution in [-0.2, 0) is 0 Å². The second kappa shape index (κ2) is 5.34. The molecule has 16 heavy (non-hydrogen) atoms. The zero-order valence-electron chi connectivity index (χ0n) is 9.16. The van der Waals surface area contributed by atoms with Gasteiger partial charge in [-0.05, 0) is 18.6 Å². The summed E-state index contributed by atoms with van der Waals surface area (Å²) in [6.07, 6.45) is 3.44. The first-order valence-corrected chi connectivity index (χ1v) is 6.49. The average Bonchev–Trinajstić information content (AvgIpc) is 2.33. The van der Waals surface area contributed by atoms with Crippen molar-refractivity contribution < 1.29 is 4.39 Å². The molecule has 1 aliphatic rings. The molecule has 1 fully saturated rings. The van der Waals surface area contributed by atoms with Crippen molar-refractivity contribution >= 4 is 23.5 Å². The van der Waals surface area contributed by atoms with Gasteiger partial charge in [-0.1, -0.05) is 0 Å². The predicted octanol–water partition coefficient (Wildman–Crippen LogP) is 1.96. The molecule has 2 N–H and O–H groups in total. The Hall–Kier alpha value is -1.04. The van der Waals surface area contributed by atoms with Gasteiger partial charge in [0, 0.05) is 18.8 Å². The van der Waals surface area contributed by atoms with Crippen LogP contribution in [0, 0.1) is 5.82 Å². The zero-order valence-corrected chi connectivity index (χ0v) is 9.98. The van der Waals surface area contributed by atoms with E-state index in [1.165, 1.54) is 18.4 Å². The quantitative estimate of drug-likeness (QED) is 0.848. The molecular weight excluding hydrogens is 227 g/mol. The summed E-state index contributed by atoms with van der Waals surface area (Å²) in [6.45, 7) is 0. The van der Waals surface area contributed by atoms with Crippen molar-refractivity contribution in [3.63, 3.8) is 0 Å². The third kappa shape index (κ3) is 2.75. The van der Waals surface area contributed by atoms with E-state index in [9.17, 15) is 4.39 Å². The number of thioether (sulfide) groups is 1. The minimum Gasteiger partial charge on any atom is -0.364 e. The van der Waals surface area contributed by atoms with Crippen LogP contribution in [-0.4, -0.2) is 34.6 Å². The molecule has 0 radical (unpaired) electrons. The van der Waals surface area contributed by atoms with Gasteiger partial charge in [0.25, 0.3) is 0 Å². The van der Waals surface area contributed by atoms with Crippen molar-refractivity contribution in [1.29, 1.82) is 0 Å². The highest BCUT2D eigenvalue weighted by Gasteiger charge is 2.16. The monoisotopic (exact) mass is 242 g/mol. The van der Waals surface area contributed by atoms with Gasteiger partial charge >= 0.3 is 0 Å². The highest BCUT2D eigenvalue weighted by Crippen LogP contribution is 2.21. The van der Waals surface area contributed by atoms with Crippen LogP contribution < -0.4 is 10.6 Å². The molecule has 2 rings (SSSR count). The number of hydrogen-bond acceptors (Lipinski definition) is 5. The van der Waals surface area contributed by atoms with E-state index < -0.39 is 5.82 Å². The number of aromatic nitrogens is 2. The molecule has 1 aromatic heterocycles. The van der Waals surface area contributed by atoms with Crippen LogP contribution in [0.5, 0.6) is 0 Å². The van der Waals surface area contributed by atoms with Gasteiger partial charge in [-0.25, -0.2) is 9.37 Å². The highest BCUT2D eigenvalue weighted by atomic mass is 32.2. The molecule has 1 aromatic rings. The third-order valence-electron chi connectivity index (χ3n) is 2.47. The molecular formula is C10H15FN4S. The van der Waals surface area contributed by atoms with Gasteiger partial charge in [-0.3, -0.25) is 0 Å². The summed E-state index contributed by atoms with van der Waals surface area (Å²) in [5.41, 5.74) is 0. The SMILES string of the molecule is CNc1ncc(F)c(NC2CCCSC2)n1. The van der Waals surface area contributed by atoms with Crippen molar-refractivity contribution in [3.8, 4) is 0 Å². The lowest BCUT2D eigenvalue weighted by atomic mass is 10.2. The second-order valence-corrected chi connectivity index (χ2v) is 4.85. The number of halogens is 1. The zero-order chi connectivity index (χ0) is 11.4. The van der Waals surface area contributed by atoms with E-state index in [2.05, 4.69) is 20.6 Å². The number of rotatable bonds is 3. The van der Waals surface area contributed by atoms with Gasteiger partial charge in [0.2, 0.25) is 5.95 Å². The first-order chi connectivity index (χ1) is 7.79. The normalized spacial score (nSPS) is 20.5. The van der Waals surface area contributed by atoms with Gasteiger partial charge in [-0.2, -0.15) is 16.7 Å². The van der Waals surface area contributed by atoms with Crippen molar-refractivity contribution in [2.75, 3.05) is 29.2 Å². The number of anilines is 2. The van der Waals surface area contributed by atoms with Crippen LogP contribution in [0.25, 0.3) is 0 Å². The van der Waals surface area contributed by atoms with Gasteiger partial charge in [0.15, 0.2) is 11.6 Å². The fourth-order valence-electron chi connectivity index (χ4n) is 1.64. The smallest absolute Gasteiger partial charge is 0.224 e. The molecule has 0 bridgehead atoms. The first kappa shape index (κ1) is 11.4. The summed E-state index contributed by atoms with van der Waals surface area (Å²) < 4.78 is 13.4. The fraction of sp³-hybridized carbons (Fsp3) is 0.600. The Kier molecular flexibility index (Phi) is 3.82. The molecule has 0 aliphatic carbocycles. The van der Waals surface area contributed by atoms with E-state index in [1.807, 2.05) is 11.8 Å². The maximum absolute atomic E-state index is 13.4. The molecule has 0 aromatic carbocycles. The molecule has 0 saturated carbocycles. The van der Waals surface area contributed by atoms with Crippen LogP contribution in [0.2, 0.25) is 0 Å². The Bertz CT molecular complexity index is 355. The van der Waals surface area contributed by atoms with Crippen LogP contribution in [0.15, 0.2) is 6.20 Å². The molecule has 1 aliphatic heterocycles. The van der Waals surface area contributed by atoms with Gasteiger partial charge < -0.3 is 10.6 Å². The molecule has 1 unspecified atom stereocenters. The van der Waals surface area contributed by atoms with E-state index in [0.717, 1.165) is 12.2 Å². The number of nitrogens with zero attached hydrogens (tertiary/aromatic N) is 2. The number of nitrogens with one attached hydrogen (secondary N) is 2. The molecule has 4 nitrogen and oxygen atoms in total. The predicted molar refractivity (Wildman–Crippen MR) is 65.5 cm³/mol. The molecule has 0 amide bonds. The van der Waals surface area contributed by atoms with Crippen molar-refractivity contribution in [2.24, 2.45) is 0 Å². The highest BCUT2D eigenvalue weighted by molar-refractivity contribution is 7.99. The van der Waals surface area contributed by atoms with Crippen LogP contribution >= 0.6 is 11.8 Å². The van der Waals surface area contributed by atoms with Crippen molar-refractivity contribution in [2.45, 2.75) is 18.9 Å². The molecule has 88 valence electrons. The summed E-state index contributed by atoms with van der Waals surface area (Å²) in [5.74, 6) is 2.55. The summed E-state index contributed by atoms with van der Waals surface area (Å²) in [6, 6.07) is 0.313. The summed E-state index contributed by atoms with van der Waals surface area (Å²) >= 11 is 1.89. The van der Waals surface area contributed by atoms with E-state index in [-0.39, 0.29) is 0 Å². The van der Waals surface area contributed by atoms with Gasteiger partial charge in [0.1, 0.15) is 0 Å². The minimum atomic E-state index is -0.394. The maximum atomic E-state index is 13.4. The van der Waals surface area contributed by atoms with E-state index in [0.29, 0.717) is 17.8 Å². The van der Waals surface area contributed by atoms with E-state index in [4.69, 9.17) is 0 Å². The van der Waals surface area contributed by atoms with Crippen LogP contribution in [0.1, 0.15) is 12.8 Å². The molecule has 1 atom stereocenters. The summed E-state index contributed by atoms with van der Waals surface area (Å²) in [7, 11) is 1.72. The van der Waals surface area contributed by atoms with Gasteiger partial charge in [0.05, 0.1) is 6.20 Å².